The Morgan fingerprint density at radius 3 is 2.66 bits per heavy atom. The molecule has 32 heavy (non-hydrogen) atoms. The van der Waals surface area contributed by atoms with E-state index < -0.39 is 0 Å². The van der Waals surface area contributed by atoms with Crippen LogP contribution < -0.4 is 14.5 Å². The number of carbonyl (C=O) groups excluding carboxylic acids is 1. The number of hydrogen-bond donors (Lipinski definition) is 0. The third-order valence-electron chi connectivity index (χ3n) is 6.46. The molecule has 6 nitrogen and oxygen atoms in total. The van der Waals surface area contributed by atoms with Gasteiger partial charge in [-0.2, -0.15) is 0 Å². The minimum atomic E-state index is -0.00847. The molecule has 0 aliphatic carbocycles. The number of piperazine rings is 1. The minimum Gasteiger partial charge on any atom is -0.482 e. The highest BCUT2D eigenvalue weighted by Crippen LogP contribution is 2.33. The number of ether oxygens (including phenoxy) is 1. The monoisotopic (exact) mass is 450 g/mol. The van der Waals surface area contributed by atoms with Crippen LogP contribution in [-0.4, -0.2) is 62.2 Å². The number of aromatic nitrogens is 1. The molecule has 0 atom stereocenters. The van der Waals surface area contributed by atoms with Crippen molar-refractivity contribution in [2.24, 2.45) is 0 Å². The van der Waals surface area contributed by atoms with Crippen molar-refractivity contribution in [1.29, 1.82) is 0 Å². The lowest BCUT2D eigenvalue weighted by atomic mass is 10.1. The Morgan fingerprint density at radius 1 is 1.03 bits per heavy atom. The number of pyridine rings is 1. The average Bonchev–Trinajstić information content (AvgIpc) is 2.81. The molecule has 0 radical (unpaired) electrons. The highest BCUT2D eigenvalue weighted by Gasteiger charge is 2.23. The number of fused-ring (bicyclic) bond motifs is 2. The number of rotatable bonds is 4. The Bertz CT molecular complexity index is 1170. The molecule has 3 heterocycles. The van der Waals surface area contributed by atoms with Crippen molar-refractivity contribution >= 4 is 39.8 Å². The van der Waals surface area contributed by atoms with Crippen molar-refractivity contribution in [3.8, 4) is 5.75 Å². The molecule has 0 spiro atoms. The molecule has 1 fully saturated rings. The molecular formula is C25H27ClN4O2. The molecule has 3 aromatic rings. The van der Waals surface area contributed by atoms with Crippen LogP contribution in [0.5, 0.6) is 5.75 Å². The molecular weight excluding hydrogens is 424 g/mol. The standard InChI is InChI=1S/C25H27ClN4O2/c1-17-3-5-19-21(7-6-20(26)25(19)27-17)30-13-11-29(12-14-30)10-9-18-4-8-23-22(15-18)28(2)24(31)16-32-23/h3-8,15H,9-14,16H2,1-2H3. The summed E-state index contributed by atoms with van der Waals surface area (Å²) in [7, 11) is 1.81. The molecule has 5 rings (SSSR count). The quantitative estimate of drug-likeness (QED) is 0.603. The molecule has 2 aliphatic rings. The Balaban J connectivity index is 1.22. The van der Waals surface area contributed by atoms with E-state index in [4.69, 9.17) is 16.3 Å². The molecule has 0 bridgehead atoms. The number of amides is 1. The molecule has 1 saturated heterocycles. The van der Waals surface area contributed by atoms with Gasteiger partial charge in [-0.05, 0) is 55.3 Å². The number of anilines is 2. The van der Waals surface area contributed by atoms with E-state index in [-0.39, 0.29) is 12.5 Å². The summed E-state index contributed by atoms with van der Waals surface area (Å²) in [5.74, 6) is 0.773. The van der Waals surface area contributed by atoms with E-state index in [9.17, 15) is 4.79 Å². The second kappa shape index (κ2) is 8.60. The predicted molar refractivity (Wildman–Crippen MR) is 129 cm³/mol. The van der Waals surface area contributed by atoms with Crippen LogP contribution >= 0.6 is 11.6 Å². The maximum atomic E-state index is 11.9. The van der Waals surface area contributed by atoms with Gasteiger partial charge in [0, 0.05) is 56.5 Å². The third-order valence-corrected chi connectivity index (χ3v) is 6.77. The summed E-state index contributed by atoms with van der Waals surface area (Å²) in [6, 6.07) is 14.4. The number of halogens is 1. The first-order valence-electron chi connectivity index (χ1n) is 11.0. The summed E-state index contributed by atoms with van der Waals surface area (Å²) in [5.41, 5.74) is 5.15. The number of benzene rings is 2. The smallest absolute Gasteiger partial charge is 0.264 e. The van der Waals surface area contributed by atoms with Crippen LogP contribution in [0.15, 0.2) is 42.5 Å². The fourth-order valence-corrected chi connectivity index (χ4v) is 4.72. The van der Waals surface area contributed by atoms with E-state index in [1.807, 2.05) is 32.2 Å². The van der Waals surface area contributed by atoms with Crippen molar-refractivity contribution in [3.63, 3.8) is 0 Å². The van der Waals surface area contributed by atoms with Crippen LogP contribution in [0.1, 0.15) is 11.3 Å². The Morgan fingerprint density at radius 2 is 1.84 bits per heavy atom. The Labute approximate surface area is 193 Å². The van der Waals surface area contributed by atoms with Crippen molar-refractivity contribution in [2.75, 3.05) is 56.2 Å². The number of hydrogen-bond acceptors (Lipinski definition) is 5. The Hall–Kier alpha value is -2.83. The number of nitrogens with zero attached hydrogens (tertiary/aromatic N) is 4. The average molecular weight is 451 g/mol. The van der Waals surface area contributed by atoms with Crippen LogP contribution in [-0.2, 0) is 11.2 Å². The first kappa shape index (κ1) is 21.0. The van der Waals surface area contributed by atoms with Crippen molar-refractivity contribution < 1.29 is 9.53 Å². The van der Waals surface area contributed by atoms with Crippen LogP contribution in [0, 0.1) is 6.92 Å². The van der Waals surface area contributed by atoms with Gasteiger partial charge in [0.2, 0.25) is 0 Å². The zero-order chi connectivity index (χ0) is 22.2. The Kier molecular flexibility index (Phi) is 5.66. The van der Waals surface area contributed by atoms with Gasteiger partial charge >= 0.3 is 0 Å². The zero-order valence-electron chi connectivity index (χ0n) is 18.5. The van der Waals surface area contributed by atoms with Crippen molar-refractivity contribution in [1.82, 2.24) is 9.88 Å². The molecule has 166 valence electrons. The fraction of sp³-hybridized carbons (Fsp3) is 0.360. The highest BCUT2D eigenvalue weighted by molar-refractivity contribution is 6.35. The molecule has 2 aromatic carbocycles. The molecule has 1 aromatic heterocycles. The minimum absolute atomic E-state index is 0.00847. The molecule has 7 heteroatoms. The van der Waals surface area contributed by atoms with E-state index in [2.05, 4.69) is 39.0 Å². The van der Waals surface area contributed by atoms with E-state index >= 15 is 0 Å². The van der Waals surface area contributed by atoms with E-state index in [0.29, 0.717) is 5.02 Å². The number of aryl methyl sites for hydroxylation is 1. The summed E-state index contributed by atoms with van der Waals surface area (Å²) in [6.45, 7) is 7.07. The first-order chi connectivity index (χ1) is 15.5. The molecule has 0 saturated carbocycles. The summed E-state index contributed by atoms with van der Waals surface area (Å²) >= 11 is 6.41. The normalized spacial score (nSPS) is 16.9. The van der Waals surface area contributed by atoms with Crippen LogP contribution in [0.2, 0.25) is 5.02 Å². The van der Waals surface area contributed by atoms with Gasteiger partial charge in [-0.1, -0.05) is 17.7 Å². The first-order valence-corrected chi connectivity index (χ1v) is 11.4. The lowest BCUT2D eigenvalue weighted by Crippen LogP contribution is -2.47. The van der Waals surface area contributed by atoms with E-state index in [1.54, 1.807) is 4.90 Å². The van der Waals surface area contributed by atoms with Crippen LogP contribution in [0.25, 0.3) is 10.9 Å². The highest BCUT2D eigenvalue weighted by atomic mass is 35.5. The predicted octanol–water partition coefficient (Wildman–Crippen LogP) is 3.92. The van der Waals surface area contributed by atoms with Crippen LogP contribution in [0.4, 0.5) is 11.4 Å². The van der Waals surface area contributed by atoms with Gasteiger partial charge in [-0.15, -0.1) is 0 Å². The van der Waals surface area contributed by atoms with E-state index in [0.717, 1.165) is 67.2 Å². The van der Waals surface area contributed by atoms with Gasteiger partial charge in [0.15, 0.2) is 6.61 Å². The second-order valence-corrected chi connectivity index (χ2v) is 8.94. The lowest BCUT2D eigenvalue weighted by Gasteiger charge is -2.36. The zero-order valence-corrected chi connectivity index (χ0v) is 19.2. The topological polar surface area (TPSA) is 48.9 Å². The van der Waals surface area contributed by atoms with Crippen molar-refractivity contribution in [2.45, 2.75) is 13.3 Å². The van der Waals surface area contributed by atoms with Gasteiger partial charge in [0.25, 0.3) is 5.91 Å². The molecule has 2 aliphatic heterocycles. The van der Waals surface area contributed by atoms with Gasteiger partial charge in [0.1, 0.15) is 5.75 Å². The van der Waals surface area contributed by atoms with Gasteiger partial charge in [-0.25, -0.2) is 0 Å². The SMILES string of the molecule is Cc1ccc2c(N3CCN(CCc4ccc5c(c4)N(C)C(=O)CO5)CC3)ccc(Cl)c2n1. The van der Waals surface area contributed by atoms with Crippen molar-refractivity contribution in [3.05, 3.63) is 58.7 Å². The number of likely N-dealkylation sites (N-methyl/N-ethyl adjacent to an activating group) is 1. The number of carbonyl (C=O) groups is 1. The molecule has 0 N–H and O–H groups in total. The maximum Gasteiger partial charge on any atom is 0.264 e. The van der Waals surface area contributed by atoms with E-state index in [1.165, 1.54) is 11.3 Å². The van der Waals surface area contributed by atoms with Crippen LogP contribution in [0.3, 0.4) is 0 Å². The summed E-state index contributed by atoms with van der Waals surface area (Å²) in [4.78, 5) is 23.2. The largest absolute Gasteiger partial charge is 0.482 e. The second-order valence-electron chi connectivity index (χ2n) is 8.54. The van der Waals surface area contributed by atoms with Gasteiger partial charge in [0.05, 0.1) is 16.2 Å². The summed E-state index contributed by atoms with van der Waals surface area (Å²) in [5, 5.41) is 1.82. The lowest BCUT2D eigenvalue weighted by molar-refractivity contribution is -0.120. The summed E-state index contributed by atoms with van der Waals surface area (Å²) < 4.78 is 5.53. The van der Waals surface area contributed by atoms with Gasteiger partial charge < -0.3 is 14.5 Å². The third kappa shape index (κ3) is 4.00. The van der Waals surface area contributed by atoms with Gasteiger partial charge in [-0.3, -0.25) is 14.7 Å². The maximum absolute atomic E-state index is 11.9. The molecule has 1 amide bonds. The summed E-state index contributed by atoms with van der Waals surface area (Å²) in [6.07, 6.45) is 0.947. The molecule has 0 unspecified atom stereocenters. The fourth-order valence-electron chi connectivity index (χ4n) is 4.51.